The zero-order valence-electron chi connectivity index (χ0n) is 9.81. The Morgan fingerprint density at radius 2 is 2.32 bits per heavy atom. The lowest BCUT2D eigenvalue weighted by molar-refractivity contribution is -0.742. The lowest BCUT2D eigenvalue weighted by Gasteiger charge is -1.98. The van der Waals surface area contributed by atoms with Crippen LogP contribution in [0.4, 0.5) is 0 Å². The van der Waals surface area contributed by atoms with Gasteiger partial charge in [0.05, 0.1) is 0 Å². The van der Waals surface area contributed by atoms with E-state index in [1.54, 1.807) is 24.7 Å². The lowest BCUT2D eigenvalue weighted by Crippen LogP contribution is -2.46. The molecule has 0 aliphatic carbocycles. The van der Waals surface area contributed by atoms with Crippen molar-refractivity contribution in [2.75, 3.05) is 6.54 Å². The lowest BCUT2D eigenvalue weighted by atomic mass is 10.3. The summed E-state index contributed by atoms with van der Waals surface area (Å²) in [5.41, 5.74) is 0.872. The Balaban J connectivity index is 1.95. The molecule has 2 N–H and O–H groups in total. The van der Waals surface area contributed by atoms with Crippen LogP contribution in [-0.4, -0.2) is 33.6 Å². The van der Waals surface area contributed by atoms with E-state index in [0.29, 0.717) is 0 Å². The highest BCUT2D eigenvalue weighted by Gasteiger charge is 2.12. The van der Waals surface area contributed by atoms with Crippen LogP contribution < -0.4 is 10.00 Å². The van der Waals surface area contributed by atoms with Crippen molar-refractivity contribution in [3.05, 3.63) is 30.0 Å². The summed E-state index contributed by atoms with van der Waals surface area (Å²) in [4.78, 5) is 25.8. The van der Waals surface area contributed by atoms with E-state index in [4.69, 9.17) is 5.11 Å². The normalized spacial score (nSPS) is 10.1. The van der Waals surface area contributed by atoms with E-state index in [0.717, 1.165) is 10.6 Å². The number of rotatable bonds is 5. The Labute approximate surface area is 112 Å². The SMILES string of the molecule is O=C(O)CNC(=O)C[n+]1ccc(-c2nccs2)cn1. The van der Waals surface area contributed by atoms with Crippen molar-refractivity contribution in [2.45, 2.75) is 6.54 Å². The second kappa shape index (κ2) is 6.01. The van der Waals surface area contributed by atoms with E-state index in [1.807, 2.05) is 5.38 Å². The fourth-order valence-electron chi connectivity index (χ4n) is 1.35. The summed E-state index contributed by atoms with van der Waals surface area (Å²) >= 11 is 1.50. The van der Waals surface area contributed by atoms with E-state index in [-0.39, 0.29) is 6.54 Å². The van der Waals surface area contributed by atoms with Gasteiger partial charge in [0.1, 0.15) is 17.7 Å². The number of nitrogens with zero attached hydrogens (tertiary/aromatic N) is 3. The molecule has 0 fully saturated rings. The van der Waals surface area contributed by atoms with Gasteiger partial charge in [0.2, 0.25) is 0 Å². The monoisotopic (exact) mass is 279 g/mol. The van der Waals surface area contributed by atoms with Gasteiger partial charge in [-0.2, -0.15) is 0 Å². The molecular formula is C11H11N4O3S+. The van der Waals surface area contributed by atoms with Crippen molar-refractivity contribution >= 4 is 23.2 Å². The number of carboxylic acid groups (broad SMARTS) is 1. The molecule has 0 atom stereocenters. The molecule has 0 aliphatic heterocycles. The highest BCUT2D eigenvalue weighted by molar-refractivity contribution is 7.13. The summed E-state index contributed by atoms with van der Waals surface area (Å²) in [7, 11) is 0. The number of aromatic nitrogens is 3. The maximum Gasteiger partial charge on any atom is 0.322 e. The maximum absolute atomic E-state index is 11.4. The van der Waals surface area contributed by atoms with E-state index >= 15 is 0 Å². The van der Waals surface area contributed by atoms with Crippen LogP contribution >= 0.6 is 11.3 Å². The van der Waals surface area contributed by atoms with Crippen LogP contribution in [0.2, 0.25) is 0 Å². The Hall–Kier alpha value is -2.35. The van der Waals surface area contributed by atoms with Crippen molar-refractivity contribution < 1.29 is 19.4 Å². The topological polar surface area (TPSA) is 96.1 Å². The quantitative estimate of drug-likeness (QED) is 0.732. The van der Waals surface area contributed by atoms with Crippen molar-refractivity contribution in [3.63, 3.8) is 0 Å². The molecule has 0 saturated heterocycles. The first kappa shape index (κ1) is 13.1. The molecule has 0 radical (unpaired) electrons. The molecule has 2 aromatic heterocycles. The molecule has 8 heteroatoms. The number of carbonyl (C=O) groups is 2. The minimum absolute atomic E-state index is 0.0224. The Bertz CT molecular complexity index is 568. The van der Waals surface area contributed by atoms with Crippen LogP contribution in [0, 0.1) is 0 Å². The smallest absolute Gasteiger partial charge is 0.322 e. The molecule has 0 aromatic carbocycles. The van der Waals surface area contributed by atoms with Gasteiger partial charge in [-0.05, 0) is 5.10 Å². The Morgan fingerprint density at radius 3 is 2.89 bits per heavy atom. The predicted molar refractivity (Wildman–Crippen MR) is 66.2 cm³/mol. The first-order chi connectivity index (χ1) is 9.15. The summed E-state index contributed by atoms with van der Waals surface area (Å²) in [5.74, 6) is -1.48. The number of nitrogens with one attached hydrogen (secondary N) is 1. The fraction of sp³-hybridized carbons (Fsp3) is 0.182. The van der Waals surface area contributed by atoms with Gasteiger partial charge in [0.25, 0.3) is 12.5 Å². The van der Waals surface area contributed by atoms with Gasteiger partial charge < -0.3 is 10.4 Å². The largest absolute Gasteiger partial charge is 0.480 e. The summed E-state index contributed by atoms with van der Waals surface area (Å²) in [6, 6.07) is 1.80. The number of carboxylic acids is 1. The number of hydrogen-bond acceptors (Lipinski definition) is 5. The van der Waals surface area contributed by atoms with Crippen LogP contribution in [0.25, 0.3) is 10.6 Å². The Morgan fingerprint density at radius 1 is 1.47 bits per heavy atom. The molecule has 0 unspecified atom stereocenters. The number of amides is 1. The van der Waals surface area contributed by atoms with Gasteiger partial charge >= 0.3 is 5.97 Å². The first-order valence-electron chi connectivity index (χ1n) is 5.39. The zero-order valence-corrected chi connectivity index (χ0v) is 10.6. The first-order valence-corrected chi connectivity index (χ1v) is 6.27. The fourth-order valence-corrected chi connectivity index (χ4v) is 1.98. The molecule has 0 bridgehead atoms. The summed E-state index contributed by atoms with van der Waals surface area (Å²) in [6.45, 7) is -0.415. The van der Waals surface area contributed by atoms with E-state index in [2.05, 4.69) is 15.4 Å². The number of hydrogen-bond donors (Lipinski definition) is 2. The van der Waals surface area contributed by atoms with Gasteiger partial charge in [-0.25, -0.2) is 4.98 Å². The Kier molecular flexibility index (Phi) is 4.14. The van der Waals surface area contributed by atoms with Gasteiger partial charge in [0.15, 0.2) is 6.20 Å². The molecule has 7 nitrogen and oxygen atoms in total. The average Bonchev–Trinajstić information content (AvgIpc) is 2.91. The standard InChI is InChI=1S/C11H10N4O3S/c16-9(13-6-10(17)18)7-15-3-1-8(5-14-15)11-12-2-4-19-11/h1-5H,6-7H2,(H-,13,16,17,18)/p+1. The van der Waals surface area contributed by atoms with E-state index in [9.17, 15) is 9.59 Å². The molecule has 0 spiro atoms. The van der Waals surface area contributed by atoms with Crippen molar-refractivity contribution in [1.29, 1.82) is 0 Å². The second-order valence-electron chi connectivity index (χ2n) is 3.62. The van der Waals surface area contributed by atoms with Crippen LogP contribution in [0.15, 0.2) is 30.0 Å². The number of thiazole rings is 1. The van der Waals surface area contributed by atoms with Gasteiger partial charge in [-0.15, -0.1) is 11.3 Å². The van der Waals surface area contributed by atoms with E-state index < -0.39 is 18.4 Å². The third-order valence-corrected chi connectivity index (χ3v) is 3.02. The van der Waals surface area contributed by atoms with Crippen molar-refractivity contribution in [3.8, 4) is 10.6 Å². The molecule has 0 saturated carbocycles. The molecule has 0 aliphatic rings. The third kappa shape index (κ3) is 3.81. The van der Waals surface area contributed by atoms with Crippen LogP contribution in [0.3, 0.4) is 0 Å². The predicted octanol–water partition coefficient (Wildman–Crippen LogP) is -0.307. The highest BCUT2D eigenvalue weighted by atomic mass is 32.1. The van der Waals surface area contributed by atoms with Crippen LogP contribution in [0.5, 0.6) is 0 Å². The molecule has 2 aromatic rings. The van der Waals surface area contributed by atoms with Crippen LogP contribution in [0.1, 0.15) is 0 Å². The summed E-state index contributed by atoms with van der Waals surface area (Å²) in [6.07, 6.45) is 4.97. The molecule has 2 rings (SSSR count). The minimum atomic E-state index is -1.08. The summed E-state index contributed by atoms with van der Waals surface area (Å²) < 4.78 is 1.42. The minimum Gasteiger partial charge on any atom is -0.480 e. The molecule has 2 heterocycles. The number of carbonyl (C=O) groups excluding carboxylic acids is 1. The van der Waals surface area contributed by atoms with Crippen LogP contribution in [-0.2, 0) is 16.1 Å². The number of aliphatic carboxylic acids is 1. The maximum atomic E-state index is 11.4. The molecular weight excluding hydrogens is 268 g/mol. The van der Waals surface area contributed by atoms with Gasteiger partial charge in [-0.1, -0.05) is 4.68 Å². The summed E-state index contributed by atoms with van der Waals surface area (Å²) in [5, 5.41) is 17.5. The molecule has 19 heavy (non-hydrogen) atoms. The van der Waals surface area contributed by atoms with Gasteiger partial charge in [-0.3, -0.25) is 9.59 Å². The van der Waals surface area contributed by atoms with Gasteiger partial charge in [0, 0.05) is 23.2 Å². The molecule has 1 amide bonds. The van der Waals surface area contributed by atoms with E-state index in [1.165, 1.54) is 16.0 Å². The third-order valence-electron chi connectivity index (χ3n) is 2.19. The van der Waals surface area contributed by atoms with Crippen molar-refractivity contribution in [1.82, 2.24) is 15.4 Å². The molecule has 98 valence electrons. The second-order valence-corrected chi connectivity index (χ2v) is 4.52. The zero-order chi connectivity index (χ0) is 13.7. The average molecular weight is 279 g/mol. The van der Waals surface area contributed by atoms with Crippen molar-refractivity contribution in [2.24, 2.45) is 0 Å². The highest BCUT2D eigenvalue weighted by Crippen LogP contribution is 2.18.